The zero-order chi connectivity index (χ0) is 25.4. The van der Waals surface area contributed by atoms with Crippen molar-refractivity contribution >= 4 is 40.9 Å². The Morgan fingerprint density at radius 2 is 1.75 bits per heavy atom. The number of hydrogen-bond acceptors (Lipinski definition) is 6. The first-order valence-corrected chi connectivity index (χ1v) is 13.2. The molecule has 8 nitrogen and oxygen atoms in total. The fourth-order valence-electron chi connectivity index (χ4n) is 6.23. The third kappa shape index (κ3) is 3.94. The maximum atomic E-state index is 13.9. The number of benzene rings is 2. The van der Waals surface area contributed by atoms with Gasteiger partial charge in [-0.15, -0.1) is 11.8 Å². The maximum Gasteiger partial charge on any atom is 0.248 e. The summed E-state index contributed by atoms with van der Waals surface area (Å²) in [6.07, 6.45) is 1.13. The number of aliphatic hydroxyl groups excluding tert-OH is 1. The second-order valence-corrected chi connectivity index (χ2v) is 11.3. The number of nitrogens with zero attached hydrogens (tertiary/aromatic N) is 1. The summed E-state index contributed by atoms with van der Waals surface area (Å²) in [4.78, 5) is 42.8. The number of thioether (sulfide) groups is 1. The third-order valence-corrected chi connectivity index (χ3v) is 9.83. The van der Waals surface area contributed by atoms with Gasteiger partial charge in [-0.1, -0.05) is 25.1 Å². The maximum absolute atomic E-state index is 13.9. The number of methoxy groups -OCH3 is 1. The zero-order valence-corrected chi connectivity index (χ0v) is 21.2. The van der Waals surface area contributed by atoms with Crippen molar-refractivity contribution in [2.45, 2.75) is 35.8 Å². The molecule has 3 N–H and O–H groups in total. The molecule has 36 heavy (non-hydrogen) atoms. The van der Waals surface area contributed by atoms with Crippen LogP contribution in [0.1, 0.15) is 19.8 Å². The number of anilines is 2. The molecule has 5 rings (SSSR count). The minimum atomic E-state index is -0.733. The number of carbonyl (C=O) groups excluding carboxylic acids is 3. The summed E-state index contributed by atoms with van der Waals surface area (Å²) in [5.74, 6) is -0.971. The van der Waals surface area contributed by atoms with Gasteiger partial charge >= 0.3 is 0 Å². The molecule has 0 saturated carbocycles. The van der Waals surface area contributed by atoms with Crippen LogP contribution in [0.3, 0.4) is 0 Å². The molecule has 190 valence electrons. The van der Waals surface area contributed by atoms with Crippen LogP contribution in [0.2, 0.25) is 0 Å². The van der Waals surface area contributed by atoms with E-state index < -0.39 is 22.6 Å². The molecule has 3 fully saturated rings. The van der Waals surface area contributed by atoms with Gasteiger partial charge in [0.1, 0.15) is 11.8 Å². The molecule has 2 bridgehead atoms. The molecule has 3 unspecified atom stereocenters. The van der Waals surface area contributed by atoms with Crippen LogP contribution in [0.25, 0.3) is 0 Å². The molecule has 2 aromatic carbocycles. The van der Waals surface area contributed by atoms with Gasteiger partial charge < -0.3 is 25.4 Å². The predicted molar refractivity (Wildman–Crippen MR) is 139 cm³/mol. The molecule has 0 aliphatic carbocycles. The molecule has 2 aromatic rings. The minimum absolute atomic E-state index is 0.0334. The SMILES string of the molecule is COc1ccc(NC(=O)C2N(CCCO)C(=O)[C@@H]3[C@H](C(=O)Nc4ccccc4)[C@@H]4CC(C)C23S4)cc1. The Kier molecular flexibility index (Phi) is 6.70. The lowest BCUT2D eigenvalue weighted by molar-refractivity contribution is -0.138. The zero-order valence-electron chi connectivity index (χ0n) is 20.3. The van der Waals surface area contributed by atoms with Gasteiger partial charge in [0, 0.05) is 29.8 Å². The van der Waals surface area contributed by atoms with Crippen molar-refractivity contribution in [3.63, 3.8) is 0 Å². The molecule has 3 amide bonds. The largest absolute Gasteiger partial charge is 0.497 e. The topological polar surface area (TPSA) is 108 Å². The van der Waals surface area contributed by atoms with E-state index in [0.29, 0.717) is 23.5 Å². The van der Waals surface area contributed by atoms with E-state index in [-0.39, 0.29) is 42.0 Å². The number of nitrogens with one attached hydrogen (secondary N) is 2. The smallest absolute Gasteiger partial charge is 0.248 e. The Labute approximate surface area is 214 Å². The molecular formula is C27H31N3O5S. The van der Waals surface area contributed by atoms with Crippen LogP contribution < -0.4 is 15.4 Å². The summed E-state index contributed by atoms with van der Waals surface area (Å²) >= 11 is 1.63. The highest BCUT2D eigenvalue weighted by Gasteiger charge is 2.75. The first kappa shape index (κ1) is 24.6. The summed E-state index contributed by atoms with van der Waals surface area (Å²) in [6, 6.07) is 15.6. The lowest BCUT2D eigenvalue weighted by Gasteiger charge is -2.38. The van der Waals surface area contributed by atoms with E-state index >= 15 is 0 Å². The second kappa shape index (κ2) is 9.78. The van der Waals surface area contributed by atoms with Gasteiger partial charge in [0.05, 0.1) is 23.7 Å². The van der Waals surface area contributed by atoms with E-state index in [1.165, 1.54) is 0 Å². The lowest BCUT2D eigenvalue weighted by atomic mass is 9.66. The summed E-state index contributed by atoms with van der Waals surface area (Å²) < 4.78 is 4.50. The number of para-hydroxylation sites is 1. The van der Waals surface area contributed by atoms with E-state index in [0.717, 1.165) is 6.42 Å². The van der Waals surface area contributed by atoms with Crippen LogP contribution in [-0.2, 0) is 14.4 Å². The average Bonchev–Trinajstić information content (AvgIpc) is 3.47. The van der Waals surface area contributed by atoms with Crippen molar-refractivity contribution in [2.24, 2.45) is 17.8 Å². The van der Waals surface area contributed by atoms with Crippen molar-refractivity contribution < 1.29 is 24.2 Å². The highest BCUT2D eigenvalue weighted by molar-refractivity contribution is 8.02. The monoisotopic (exact) mass is 509 g/mol. The van der Waals surface area contributed by atoms with Crippen LogP contribution in [0, 0.1) is 17.8 Å². The van der Waals surface area contributed by atoms with Crippen molar-refractivity contribution in [3.05, 3.63) is 54.6 Å². The molecule has 3 aliphatic heterocycles. The number of ether oxygens (including phenoxy) is 1. The minimum Gasteiger partial charge on any atom is -0.497 e. The number of fused-ring (bicyclic) bond motifs is 1. The number of rotatable bonds is 8. The Morgan fingerprint density at radius 1 is 1.08 bits per heavy atom. The number of likely N-dealkylation sites (tertiary alicyclic amines) is 1. The van der Waals surface area contributed by atoms with Gasteiger partial charge in [-0.25, -0.2) is 0 Å². The molecule has 3 aliphatic rings. The van der Waals surface area contributed by atoms with E-state index in [1.807, 2.05) is 30.3 Å². The van der Waals surface area contributed by atoms with Crippen molar-refractivity contribution in [2.75, 3.05) is 30.9 Å². The van der Waals surface area contributed by atoms with Gasteiger partial charge in [0.25, 0.3) is 0 Å². The van der Waals surface area contributed by atoms with Gasteiger partial charge in [-0.05, 0) is 55.2 Å². The number of hydrogen-bond donors (Lipinski definition) is 3. The third-order valence-electron chi connectivity index (χ3n) is 7.75. The molecule has 6 atom stereocenters. The first-order chi connectivity index (χ1) is 17.4. The molecular weight excluding hydrogens is 478 g/mol. The molecule has 0 aromatic heterocycles. The highest BCUT2D eigenvalue weighted by Crippen LogP contribution is 2.68. The number of aliphatic hydroxyl groups is 1. The van der Waals surface area contributed by atoms with Gasteiger partial charge in [-0.3, -0.25) is 14.4 Å². The van der Waals surface area contributed by atoms with Crippen molar-refractivity contribution in [1.82, 2.24) is 4.90 Å². The number of amides is 3. The molecule has 3 saturated heterocycles. The fourth-order valence-corrected chi connectivity index (χ4v) is 8.66. The second-order valence-electron chi connectivity index (χ2n) is 9.73. The molecule has 0 radical (unpaired) electrons. The van der Waals surface area contributed by atoms with Gasteiger partial charge in [0.2, 0.25) is 17.7 Å². The molecule has 3 heterocycles. The van der Waals surface area contributed by atoms with Gasteiger partial charge in [0.15, 0.2) is 0 Å². The Hall–Kier alpha value is -3.04. The van der Waals surface area contributed by atoms with Crippen LogP contribution >= 0.6 is 11.8 Å². The summed E-state index contributed by atoms with van der Waals surface area (Å²) in [5.41, 5.74) is 1.30. The number of carbonyl (C=O) groups is 3. The Bertz CT molecular complexity index is 1140. The fraction of sp³-hybridized carbons (Fsp3) is 0.444. The van der Waals surface area contributed by atoms with E-state index in [1.54, 1.807) is 48.0 Å². The van der Waals surface area contributed by atoms with E-state index in [9.17, 15) is 19.5 Å². The highest BCUT2D eigenvalue weighted by atomic mass is 32.2. The predicted octanol–water partition coefficient (Wildman–Crippen LogP) is 2.99. The summed E-state index contributed by atoms with van der Waals surface area (Å²) in [5, 5.41) is 15.4. The normalized spacial score (nSPS) is 30.2. The Balaban J connectivity index is 1.47. The summed E-state index contributed by atoms with van der Waals surface area (Å²) in [6.45, 7) is 2.26. The molecule has 9 heteroatoms. The van der Waals surface area contributed by atoms with Gasteiger partial charge in [-0.2, -0.15) is 0 Å². The lowest BCUT2D eigenvalue weighted by Crippen LogP contribution is -2.54. The first-order valence-electron chi connectivity index (χ1n) is 12.3. The van der Waals surface area contributed by atoms with E-state index in [4.69, 9.17) is 4.74 Å². The van der Waals surface area contributed by atoms with Crippen molar-refractivity contribution in [1.29, 1.82) is 0 Å². The van der Waals surface area contributed by atoms with Crippen LogP contribution in [0.4, 0.5) is 11.4 Å². The Morgan fingerprint density at radius 3 is 2.42 bits per heavy atom. The van der Waals surface area contributed by atoms with Crippen molar-refractivity contribution in [3.8, 4) is 5.75 Å². The van der Waals surface area contributed by atoms with Crippen LogP contribution in [-0.4, -0.2) is 64.0 Å². The van der Waals surface area contributed by atoms with Crippen LogP contribution in [0.5, 0.6) is 5.75 Å². The standard InChI is InChI=1S/C27H31N3O5S/c1-16-15-20-21(24(32)28-17-7-4-3-5-8-17)22-26(34)30(13-6-14-31)23(27(16,22)36-20)25(33)29-18-9-11-19(35-2)12-10-18/h3-5,7-12,16,20-23,31H,6,13-15H2,1-2H3,(H,28,32)(H,29,33)/t16?,20-,21+,22-,23?,27?/m0/s1. The summed E-state index contributed by atoms with van der Waals surface area (Å²) in [7, 11) is 1.58. The van der Waals surface area contributed by atoms with E-state index in [2.05, 4.69) is 17.6 Å². The van der Waals surface area contributed by atoms with Crippen LogP contribution in [0.15, 0.2) is 54.6 Å². The average molecular weight is 510 g/mol. The quantitative estimate of drug-likeness (QED) is 0.505. The molecule has 1 spiro atoms.